The van der Waals surface area contributed by atoms with Crippen molar-refractivity contribution in [1.29, 1.82) is 0 Å². The number of ether oxygens (including phenoxy) is 8. The van der Waals surface area contributed by atoms with Crippen LogP contribution in [0, 0.1) is 13.8 Å². The molecule has 8 bridgehead atoms. The summed E-state index contributed by atoms with van der Waals surface area (Å²) >= 11 is 0. The second kappa shape index (κ2) is 19.2. The number of azo groups is 2. The fourth-order valence-electron chi connectivity index (χ4n) is 10.7. The standard InChI is InChI=1S/C60H50N6O8/c1-35-53-37-21-38-24-42-28-44-26-40-22-39-25-43-27-41(23-37)57(71-31-67-53)51(29-61-45-13-17-49(18-14-45)65-63-47-9-5-3-6-10-47)59(43)73-33-69-55(39)36(2)56(40)70-34-74-60(44)52(58(42)72-32-68-54(35)38)30-62-46-15-19-50(20-16-46)66-64-48-11-7-4-8-12-48/h3-22,27-28,61-62H,23-26,29-34H2,1-2H3. The van der Waals surface area contributed by atoms with E-state index in [0.29, 0.717) is 61.8 Å². The number of benzene rings is 8. The molecule has 13 rings (SSSR count). The van der Waals surface area contributed by atoms with E-state index in [1.54, 1.807) is 0 Å². The summed E-state index contributed by atoms with van der Waals surface area (Å²) in [5.74, 6) is 5.77. The molecule has 0 saturated heterocycles. The van der Waals surface area contributed by atoms with E-state index in [-0.39, 0.29) is 27.2 Å². The molecule has 0 atom stereocenters. The summed E-state index contributed by atoms with van der Waals surface area (Å²) in [6, 6.07) is 44.1. The molecule has 4 heterocycles. The van der Waals surface area contributed by atoms with Gasteiger partial charge < -0.3 is 48.5 Å². The minimum atomic E-state index is -0.0282. The third kappa shape index (κ3) is 8.67. The van der Waals surface area contributed by atoms with Crippen LogP contribution in [-0.2, 0) is 38.8 Å². The van der Waals surface area contributed by atoms with Crippen LogP contribution in [-0.4, -0.2) is 27.2 Å². The quantitative estimate of drug-likeness (QED) is 0.127. The van der Waals surface area contributed by atoms with Gasteiger partial charge in [0.05, 0.1) is 33.9 Å². The van der Waals surface area contributed by atoms with Crippen molar-refractivity contribution in [1.82, 2.24) is 0 Å². The Bertz CT molecular complexity index is 3180. The van der Waals surface area contributed by atoms with Gasteiger partial charge in [0.25, 0.3) is 0 Å². The predicted octanol–water partition coefficient (Wildman–Crippen LogP) is 13.9. The van der Waals surface area contributed by atoms with Gasteiger partial charge in [-0.15, -0.1) is 0 Å². The molecular weight excluding hydrogens is 933 g/mol. The molecule has 8 aromatic rings. The van der Waals surface area contributed by atoms with Crippen molar-refractivity contribution in [3.8, 4) is 46.0 Å². The Labute approximate surface area is 427 Å². The molecule has 368 valence electrons. The van der Waals surface area contributed by atoms with Gasteiger partial charge in [0, 0.05) is 61.3 Å². The molecular formula is C60H50N6O8. The van der Waals surface area contributed by atoms with E-state index in [2.05, 4.69) is 69.2 Å². The fourth-order valence-corrected chi connectivity index (χ4v) is 10.7. The summed E-state index contributed by atoms with van der Waals surface area (Å²) in [6.45, 7) is 4.78. The number of rotatable bonds is 10. The first-order valence-corrected chi connectivity index (χ1v) is 24.8. The molecule has 0 saturated carbocycles. The molecule has 14 nitrogen and oxygen atoms in total. The zero-order valence-electron chi connectivity index (χ0n) is 40.8. The molecule has 14 heteroatoms. The molecule has 0 aromatic heterocycles. The number of anilines is 2. The Morgan fingerprint density at radius 3 is 0.878 bits per heavy atom. The lowest BCUT2D eigenvalue weighted by atomic mass is 9.87. The summed E-state index contributed by atoms with van der Waals surface area (Å²) in [7, 11) is 0. The van der Waals surface area contributed by atoms with E-state index in [0.717, 1.165) is 124 Å². The van der Waals surface area contributed by atoms with Crippen LogP contribution < -0.4 is 48.5 Å². The van der Waals surface area contributed by atoms with Gasteiger partial charge in [-0.25, -0.2) is 0 Å². The average Bonchev–Trinajstić information content (AvgIpc) is 3.40. The van der Waals surface area contributed by atoms with E-state index in [9.17, 15) is 0 Å². The second-order valence-corrected chi connectivity index (χ2v) is 18.8. The molecule has 4 aliphatic heterocycles. The van der Waals surface area contributed by atoms with Crippen LogP contribution >= 0.6 is 0 Å². The number of hydrogen-bond donors (Lipinski definition) is 2. The summed E-state index contributed by atoms with van der Waals surface area (Å²) in [6.07, 6.45) is 2.13. The number of nitrogens with one attached hydrogen (secondary N) is 2. The zero-order chi connectivity index (χ0) is 49.5. The SMILES string of the molecule is Cc1c2c3cc4c1OCOc1c(cc5c(c1CNc1ccc(N=Nc6ccccc6)cc1)OCOc1c(cc6c(c1C)OCOc1c(cc(c(c1CNc1ccc(N=Nc7ccccc7)cc1)OCO2)C3)C6)C5)C4. The minimum absolute atomic E-state index is 0.0282. The van der Waals surface area contributed by atoms with Crippen molar-refractivity contribution in [3.63, 3.8) is 0 Å². The Kier molecular flexibility index (Phi) is 11.6. The Balaban J connectivity index is 0.901. The van der Waals surface area contributed by atoms with Crippen LogP contribution in [0.3, 0.4) is 0 Å². The third-order valence-electron chi connectivity index (χ3n) is 14.1. The first-order valence-electron chi connectivity index (χ1n) is 24.8. The van der Waals surface area contributed by atoms with Gasteiger partial charge in [-0.05, 0) is 155 Å². The van der Waals surface area contributed by atoms with Crippen LogP contribution in [0.1, 0.15) is 66.8 Å². The largest absolute Gasteiger partial charge is 0.457 e. The lowest BCUT2D eigenvalue weighted by molar-refractivity contribution is 0.0973. The van der Waals surface area contributed by atoms with Crippen LogP contribution in [0.2, 0.25) is 0 Å². The fraction of sp³-hybridized carbons (Fsp3) is 0.200. The molecule has 0 unspecified atom stereocenters. The average molecular weight is 983 g/mol. The first kappa shape index (κ1) is 44.9. The monoisotopic (exact) mass is 982 g/mol. The van der Waals surface area contributed by atoms with Crippen molar-refractivity contribution >= 4 is 34.1 Å². The molecule has 0 amide bonds. The minimum Gasteiger partial charge on any atom is -0.457 e. The molecule has 8 aromatic carbocycles. The van der Waals surface area contributed by atoms with Gasteiger partial charge in [-0.1, -0.05) is 36.4 Å². The van der Waals surface area contributed by atoms with Gasteiger partial charge in [0.2, 0.25) is 27.2 Å². The topological polar surface area (TPSA) is 147 Å². The van der Waals surface area contributed by atoms with Crippen molar-refractivity contribution in [2.75, 3.05) is 37.8 Å². The van der Waals surface area contributed by atoms with Gasteiger partial charge in [-0.2, -0.15) is 20.5 Å². The highest BCUT2D eigenvalue weighted by Gasteiger charge is 2.32. The molecule has 0 fully saturated rings. The first-order chi connectivity index (χ1) is 36.5. The van der Waals surface area contributed by atoms with E-state index in [1.165, 1.54) is 0 Å². The highest BCUT2D eigenvalue weighted by molar-refractivity contribution is 5.67. The van der Waals surface area contributed by atoms with Crippen molar-refractivity contribution < 1.29 is 37.9 Å². The second-order valence-electron chi connectivity index (χ2n) is 18.8. The van der Waals surface area contributed by atoms with Gasteiger partial charge in [-0.3, -0.25) is 0 Å². The summed E-state index contributed by atoms with van der Waals surface area (Å²) in [5.41, 5.74) is 16.6. The number of nitrogens with zero attached hydrogens (tertiary/aromatic N) is 4. The molecule has 0 radical (unpaired) electrons. The van der Waals surface area contributed by atoms with E-state index in [4.69, 9.17) is 37.9 Å². The summed E-state index contributed by atoms with van der Waals surface area (Å²) in [5, 5.41) is 25.0. The third-order valence-corrected chi connectivity index (χ3v) is 14.1. The maximum atomic E-state index is 6.67. The predicted molar refractivity (Wildman–Crippen MR) is 280 cm³/mol. The highest BCUT2D eigenvalue weighted by atomic mass is 16.7. The van der Waals surface area contributed by atoms with Crippen molar-refractivity contribution in [2.45, 2.75) is 52.6 Å². The molecule has 0 spiro atoms. The van der Waals surface area contributed by atoms with Crippen molar-refractivity contribution in [3.05, 3.63) is 200 Å². The smallest absolute Gasteiger partial charge is 0.230 e. The molecule has 74 heavy (non-hydrogen) atoms. The lowest BCUT2D eigenvalue weighted by Gasteiger charge is -2.31. The van der Waals surface area contributed by atoms with Crippen molar-refractivity contribution in [2.24, 2.45) is 20.5 Å². The number of hydrogen-bond acceptors (Lipinski definition) is 14. The summed E-state index contributed by atoms with van der Waals surface area (Å²) < 4.78 is 53.0. The van der Waals surface area contributed by atoms with Crippen LogP contribution in [0.25, 0.3) is 0 Å². The van der Waals surface area contributed by atoms with E-state index >= 15 is 0 Å². The van der Waals surface area contributed by atoms with Gasteiger partial charge in [0.15, 0.2) is 0 Å². The molecule has 5 aliphatic rings. The zero-order valence-corrected chi connectivity index (χ0v) is 40.8. The van der Waals surface area contributed by atoms with Crippen LogP contribution in [0.4, 0.5) is 34.1 Å². The lowest BCUT2D eigenvalue weighted by Crippen LogP contribution is -2.22. The van der Waals surface area contributed by atoms with Crippen LogP contribution in [0.5, 0.6) is 46.0 Å². The molecule has 1 aliphatic carbocycles. The summed E-state index contributed by atoms with van der Waals surface area (Å²) in [4.78, 5) is 0. The van der Waals surface area contributed by atoms with E-state index in [1.807, 2.05) is 109 Å². The Hall–Kier alpha value is -9.04. The normalized spacial score (nSPS) is 14.5. The highest BCUT2D eigenvalue weighted by Crippen LogP contribution is 2.49. The van der Waals surface area contributed by atoms with Gasteiger partial charge in [0.1, 0.15) is 46.0 Å². The Morgan fingerprint density at radius 2 is 0.581 bits per heavy atom. The maximum absolute atomic E-state index is 6.67. The Morgan fingerprint density at radius 1 is 0.324 bits per heavy atom. The maximum Gasteiger partial charge on any atom is 0.230 e. The van der Waals surface area contributed by atoms with Crippen LogP contribution in [0.15, 0.2) is 154 Å². The van der Waals surface area contributed by atoms with Gasteiger partial charge >= 0.3 is 0 Å². The molecule has 2 N–H and O–H groups in total. The van der Waals surface area contributed by atoms with E-state index < -0.39 is 0 Å².